The van der Waals surface area contributed by atoms with Crippen molar-refractivity contribution in [1.29, 1.82) is 0 Å². The maximum absolute atomic E-state index is 13.5. The summed E-state index contributed by atoms with van der Waals surface area (Å²) < 4.78 is 39.1. The van der Waals surface area contributed by atoms with Crippen LogP contribution in [0.4, 0.5) is 0 Å². The standard InChI is InChI=1S/C19H24N2O4S/c1-24-14-15-7-3-6-10-19(15)26(22,23)21-12-11-20-13-17(21)16-8-4-5-9-18(16)25-2/h3-10,17,20H,11-14H2,1-2H3. The van der Waals surface area contributed by atoms with Crippen molar-refractivity contribution >= 4 is 10.0 Å². The number of piperazine rings is 1. The largest absolute Gasteiger partial charge is 0.496 e. The predicted molar refractivity (Wildman–Crippen MR) is 99.7 cm³/mol. The van der Waals surface area contributed by atoms with Gasteiger partial charge < -0.3 is 14.8 Å². The molecule has 0 bridgehead atoms. The van der Waals surface area contributed by atoms with E-state index < -0.39 is 10.0 Å². The molecule has 0 radical (unpaired) electrons. The van der Waals surface area contributed by atoms with Gasteiger partial charge in [0.2, 0.25) is 10.0 Å². The average Bonchev–Trinajstić information content (AvgIpc) is 2.68. The third kappa shape index (κ3) is 3.61. The summed E-state index contributed by atoms with van der Waals surface area (Å²) in [7, 11) is -0.519. The Hall–Kier alpha value is -1.93. The van der Waals surface area contributed by atoms with Gasteiger partial charge in [0.15, 0.2) is 0 Å². The highest BCUT2D eigenvalue weighted by atomic mass is 32.2. The van der Waals surface area contributed by atoms with E-state index in [2.05, 4.69) is 5.32 Å². The zero-order valence-electron chi connectivity index (χ0n) is 15.0. The van der Waals surface area contributed by atoms with Crippen molar-refractivity contribution in [1.82, 2.24) is 9.62 Å². The van der Waals surface area contributed by atoms with Gasteiger partial charge in [-0.15, -0.1) is 0 Å². The molecule has 26 heavy (non-hydrogen) atoms. The number of ether oxygens (including phenoxy) is 2. The van der Waals surface area contributed by atoms with Crippen LogP contribution in [0.2, 0.25) is 0 Å². The molecule has 1 fully saturated rings. The van der Waals surface area contributed by atoms with Crippen LogP contribution in [0, 0.1) is 0 Å². The third-order valence-corrected chi connectivity index (χ3v) is 6.56. The van der Waals surface area contributed by atoms with Gasteiger partial charge in [-0.1, -0.05) is 36.4 Å². The van der Waals surface area contributed by atoms with E-state index in [1.54, 1.807) is 36.7 Å². The lowest BCUT2D eigenvalue weighted by molar-refractivity contribution is 0.182. The van der Waals surface area contributed by atoms with Gasteiger partial charge in [-0.05, 0) is 17.7 Å². The van der Waals surface area contributed by atoms with Gasteiger partial charge in [0.1, 0.15) is 5.75 Å². The molecular weight excluding hydrogens is 352 g/mol. The van der Waals surface area contributed by atoms with Gasteiger partial charge >= 0.3 is 0 Å². The quantitative estimate of drug-likeness (QED) is 0.837. The van der Waals surface area contributed by atoms with E-state index in [4.69, 9.17) is 9.47 Å². The topological polar surface area (TPSA) is 67.9 Å². The molecule has 140 valence electrons. The molecule has 0 aromatic heterocycles. The summed E-state index contributed by atoms with van der Waals surface area (Å²) in [6.45, 7) is 1.79. The molecular formula is C19H24N2O4S. The van der Waals surface area contributed by atoms with Crippen LogP contribution in [0.5, 0.6) is 5.75 Å². The van der Waals surface area contributed by atoms with Crippen LogP contribution >= 0.6 is 0 Å². The van der Waals surface area contributed by atoms with Crippen molar-refractivity contribution < 1.29 is 17.9 Å². The highest BCUT2D eigenvalue weighted by Gasteiger charge is 2.36. The second-order valence-corrected chi connectivity index (χ2v) is 7.98. The minimum Gasteiger partial charge on any atom is -0.496 e. The monoisotopic (exact) mass is 376 g/mol. The van der Waals surface area contributed by atoms with Crippen molar-refractivity contribution in [3.05, 3.63) is 59.7 Å². The first-order valence-corrected chi connectivity index (χ1v) is 9.96. The summed E-state index contributed by atoms with van der Waals surface area (Å²) in [6, 6.07) is 14.2. The Kier molecular flexibility index (Phi) is 5.93. The first-order chi connectivity index (χ1) is 12.6. The Morgan fingerprint density at radius 2 is 1.85 bits per heavy atom. The van der Waals surface area contributed by atoms with Crippen molar-refractivity contribution in [3.8, 4) is 5.75 Å². The van der Waals surface area contributed by atoms with Crippen molar-refractivity contribution in [2.75, 3.05) is 33.9 Å². The number of para-hydroxylation sites is 1. The van der Waals surface area contributed by atoms with Crippen LogP contribution in [0.3, 0.4) is 0 Å². The molecule has 0 saturated carbocycles. The zero-order chi connectivity index (χ0) is 18.6. The summed E-state index contributed by atoms with van der Waals surface area (Å²) >= 11 is 0. The third-order valence-electron chi connectivity index (χ3n) is 4.55. The van der Waals surface area contributed by atoms with Gasteiger partial charge in [0.05, 0.1) is 24.7 Å². The summed E-state index contributed by atoms with van der Waals surface area (Å²) in [6.07, 6.45) is 0. The molecule has 6 nitrogen and oxygen atoms in total. The molecule has 1 aliphatic heterocycles. The maximum atomic E-state index is 13.5. The van der Waals surface area contributed by atoms with Crippen molar-refractivity contribution in [2.45, 2.75) is 17.5 Å². The number of nitrogens with one attached hydrogen (secondary N) is 1. The highest BCUT2D eigenvalue weighted by molar-refractivity contribution is 7.89. The number of sulfonamides is 1. The first-order valence-electron chi connectivity index (χ1n) is 8.52. The number of hydrogen-bond acceptors (Lipinski definition) is 5. The lowest BCUT2D eigenvalue weighted by Crippen LogP contribution is -2.48. The normalized spacial score (nSPS) is 18.6. The van der Waals surface area contributed by atoms with Crippen LogP contribution in [-0.2, 0) is 21.4 Å². The summed E-state index contributed by atoms with van der Waals surface area (Å²) in [5.74, 6) is 0.687. The molecule has 1 heterocycles. The van der Waals surface area contributed by atoms with E-state index >= 15 is 0 Å². The van der Waals surface area contributed by atoms with Crippen LogP contribution in [0.15, 0.2) is 53.4 Å². The van der Waals surface area contributed by atoms with E-state index in [1.807, 2.05) is 30.3 Å². The molecule has 1 N–H and O–H groups in total. The van der Waals surface area contributed by atoms with Gasteiger partial charge in [0.25, 0.3) is 0 Å². The molecule has 1 unspecified atom stereocenters. The Morgan fingerprint density at radius 3 is 2.62 bits per heavy atom. The number of benzene rings is 2. The van der Waals surface area contributed by atoms with E-state index in [0.717, 1.165) is 5.56 Å². The number of rotatable bonds is 6. The van der Waals surface area contributed by atoms with Crippen LogP contribution < -0.4 is 10.1 Å². The maximum Gasteiger partial charge on any atom is 0.244 e. The first kappa shape index (κ1) is 18.8. The molecule has 1 saturated heterocycles. The molecule has 2 aromatic carbocycles. The average molecular weight is 376 g/mol. The molecule has 2 aromatic rings. The van der Waals surface area contributed by atoms with E-state index in [1.165, 1.54) is 0 Å². The van der Waals surface area contributed by atoms with Gasteiger partial charge in [0, 0.05) is 32.3 Å². The SMILES string of the molecule is COCc1ccccc1S(=O)(=O)N1CCNCC1c1ccccc1OC. The molecule has 0 amide bonds. The Labute approximate surface area is 154 Å². The second-order valence-electron chi connectivity index (χ2n) is 6.12. The summed E-state index contributed by atoms with van der Waals surface area (Å²) in [5.41, 5.74) is 1.52. The molecule has 1 atom stereocenters. The van der Waals surface area contributed by atoms with Crippen molar-refractivity contribution in [2.24, 2.45) is 0 Å². The van der Waals surface area contributed by atoms with E-state index in [-0.39, 0.29) is 12.6 Å². The lowest BCUT2D eigenvalue weighted by atomic mass is 10.0. The Morgan fingerprint density at radius 1 is 1.12 bits per heavy atom. The van der Waals surface area contributed by atoms with Crippen LogP contribution in [-0.4, -0.2) is 46.6 Å². The van der Waals surface area contributed by atoms with E-state index in [0.29, 0.717) is 35.8 Å². The van der Waals surface area contributed by atoms with E-state index in [9.17, 15) is 8.42 Å². The number of nitrogens with zero attached hydrogens (tertiary/aromatic N) is 1. The predicted octanol–water partition coefficient (Wildman–Crippen LogP) is 2.18. The summed E-state index contributed by atoms with van der Waals surface area (Å²) in [5, 5.41) is 3.29. The van der Waals surface area contributed by atoms with Crippen LogP contribution in [0.25, 0.3) is 0 Å². The Balaban J connectivity index is 2.05. The minimum absolute atomic E-state index is 0.251. The van der Waals surface area contributed by atoms with Gasteiger partial charge in [-0.3, -0.25) is 0 Å². The van der Waals surface area contributed by atoms with Gasteiger partial charge in [-0.25, -0.2) is 8.42 Å². The fourth-order valence-electron chi connectivity index (χ4n) is 3.34. The zero-order valence-corrected chi connectivity index (χ0v) is 15.8. The Bertz CT molecular complexity index is 854. The summed E-state index contributed by atoms with van der Waals surface area (Å²) in [4.78, 5) is 0.295. The minimum atomic E-state index is -3.68. The molecule has 7 heteroatoms. The fourth-order valence-corrected chi connectivity index (χ4v) is 5.15. The molecule has 0 spiro atoms. The fraction of sp³-hybridized carbons (Fsp3) is 0.368. The lowest BCUT2D eigenvalue weighted by Gasteiger charge is -2.36. The molecule has 0 aliphatic carbocycles. The number of methoxy groups -OCH3 is 2. The molecule has 3 rings (SSSR count). The number of hydrogen-bond donors (Lipinski definition) is 1. The molecule has 1 aliphatic rings. The smallest absolute Gasteiger partial charge is 0.244 e. The van der Waals surface area contributed by atoms with Crippen LogP contribution in [0.1, 0.15) is 17.2 Å². The second kappa shape index (κ2) is 8.18. The highest BCUT2D eigenvalue weighted by Crippen LogP contribution is 2.34. The van der Waals surface area contributed by atoms with Crippen molar-refractivity contribution in [3.63, 3.8) is 0 Å². The van der Waals surface area contributed by atoms with Gasteiger partial charge in [-0.2, -0.15) is 4.31 Å².